The third-order valence-corrected chi connectivity index (χ3v) is 1.38. The standard InChI is InChI=1S/C3H5Cl2O2P/c1-2-3-7-8(4,5)6/h2H,1,3H2. The van der Waals surface area contributed by atoms with Crippen LogP contribution >= 0.6 is 28.6 Å². The van der Waals surface area contributed by atoms with E-state index in [0.29, 0.717) is 0 Å². The minimum atomic E-state index is -3.31. The summed E-state index contributed by atoms with van der Waals surface area (Å²) in [6.07, 6.45) is -1.89. The average molecular weight is 175 g/mol. The molecule has 0 N–H and O–H groups in total. The molecule has 0 unspecified atom stereocenters. The van der Waals surface area contributed by atoms with Gasteiger partial charge in [-0.15, -0.1) is 6.58 Å². The Morgan fingerprint density at radius 1 is 1.75 bits per heavy atom. The van der Waals surface area contributed by atoms with Crippen molar-refractivity contribution in [2.24, 2.45) is 0 Å². The van der Waals surface area contributed by atoms with Gasteiger partial charge >= 0.3 is 6.07 Å². The molecule has 0 saturated heterocycles. The lowest BCUT2D eigenvalue weighted by molar-refractivity contribution is 0.377. The highest BCUT2D eigenvalue weighted by Gasteiger charge is 2.11. The van der Waals surface area contributed by atoms with E-state index in [0.717, 1.165) is 0 Å². The smallest absolute Gasteiger partial charge is 0.302 e. The molecule has 0 aliphatic rings. The van der Waals surface area contributed by atoms with E-state index in [-0.39, 0.29) is 6.61 Å². The molecule has 0 amide bonds. The van der Waals surface area contributed by atoms with Gasteiger partial charge in [0.1, 0.15) is 0 Å². The van der Waals surface area contributed by atoms with Gasteiger partial charge in [-0.2, -0.15) is 0 Å². The lowest BCUT2D eigenvalue weighted by Gasteiger charge is -1.97. The van der Waals surface area contributed by atoms with E-state index in [9.17, 15) is 4.57 Å². The molecule has 0 heterocycles. The molecule has 0 fully saturated rings. The maximum absolute atomic E-state index is 10.2. The molecule has 8 heavy (non-hydrogen) atoms. The average Bonchev–Trinajstić information content (AvgIpc) is 1.59. The predicted octanol–water partition coefficient (Wildman–Crippen LogP) is 2.77. The van der Waals surface area contributed by atoms with Crippen molar-refractivity contribution in [3.63, 3.8) is 0 Å². The van der Waals surface area contributed by atoms with E-state index in [1.54, 1.807) is 0 Å². The maximum atomic E-state index is 10.2. The zero-order chi connectivity index (χ0) is 6.62. The van der Waals surface area contributed by atoms with Gasteiger partial charge in [0.25, 0.3) is 0 Å². The van der Waals surface area contributed by atoms with Gasteiger partial charge in [-0.25, -0.2) is 0 Å². The molecular weight excluding hydrogens is 170 g/mol. The fourth-order valence-electron chi connectivity index (χ4n) is 0.139. The number of halogens is 2. The monoisotopic (exact) mass is 174 g/mol. The SMILES string of the molecule is C=CCOP(=O)(Cl)Cl. The zero-order valence-corrected chi connectivity index (χ0v) is 6.42. The van der Waals surface area contributed by atoms with Crippen LogP contribution in [-0.4, -0.2) is 6.61 Å². The van der Waals surface area contributed by atoms with Crippen molar-refractivity contribution >= 4 is 28.6 Å². The van der Waals surface area contributed by atoms with Crippen LogP contribution in [0.4, 0.5) is 0 Å². The second-order valence-electron chi connectivity index (χ2n) is 0.999. The molecule has 5 heteroatoms. The first kappa shape index (κ1) is 8.51. The third-order valence-electron chi connectivity index (χ3n) is 0.343. The Hall–Kier alpha value is 0.510. The summed E-state index contributed by atoms with van der Waals surface area (Å²) in [6, 6.07) is 0. The Labute approximate surface area is 57.5 Å². The summed E-state index contributed by atoms with van der Waals surface area (Å²) in [6.45, 7) is 3.42. The van der Waals surface area contributed by atoms with Crippen molar-refractivity contribution in [2.45, 2.75) is 0 Å². The van der Waals surface area contributed by atoms with E-state index >= 15 is 0 Å². The fourth-order valence-corrected chi connectivity index (χ4v) is 0.756. The van der Waals surface area contributed by atoms with Crippen molar-refractivity contribution in [2.75, 3.05) is 6.61 Å². The van der Waals surface area contributed by atoms with Crippen molar-refractivity contribution in [1.82, 2.24) is 0 Å². The lowest BCUT2D eigenvalue weighted by Crippen LogP contribution is -1.77. The van der Waals surface area contributed by atoms with Gasteiger partial charge in [0, 0.05) is 0 Å². The molecule has 0 atom stereocenters. The molecule has 48 valence electrons. The summed E-state index contributed by atoms with van der Waals surface area (Å²) < 4.78 is 14.6. The largest absolute Gasteiger partial charge is 0.380 e. The Balaban J connectivity index is 3.40. The van der Waals surface area contributed by atoms with Gasteiger partial charge in [-0.1, -0.05) is 6.08 Å². The minimum Gasteiger partial charge on any atom is -0.302 e. The quantitative estimate of drug-likeness (QED) is 0.486. The second kappa shape index (κ2) is 3.52. The van der Waals surface area contributed by atoms with Gasteiger partial charge < -0.3 is 4.52 Å². The summed E-state index contributed by atoms with van der Waals surface area (Å²) in [5.41, 5.74) is 0. The van der Waals surface area contributed by atoms with Gasteiger partial charge in [0.05, 0.1) is 6.61 Å². The highest BCUT2D eigenvalue weighted by atomic mass is 35.9. The first-order valence-electron chi connectivity index (χ1n) is 1.81. The topological polar surface area (TPSA) is 26.3 Å². The summed E-state index contributed by atoms with van der Waals surface area (Å²) in [4.78, 5) is 0. The molecular formula is C3H5Cl2O2P. The molecule has 0 bridgehead atoms. The van der Waals surface area contributed by atoms with Crippen LogP contribution in [0.3, 0.4) is 0 Å². The van der Waals surface area contributed by atoms with Gasteiger partial charge in [-0.05, 0) is 22.5 Å². The molecule has 0 radical (unpaired) electrons. The third kappa shape index (κ3) is 6.51. The van der Waals surface area contributed by atoms with Crippen molar-refractivity contribution < 1.29 is 9.09 Å². The summed E-state index contributed by atoms with van der Waals surface area (Å²) in [7, 11) is 0. The molecule has 0 aromatic rings. The van der Waals surface area contributed by atoms with Crippen LogP contribution in [0, 0.1) is 0 Å². The van der Waals surface area contributed by atoms with Crippen LogP contribution < -0.4 is 0 Å². The highest BCUT2D eigenvalue weighted by Crippen LogP contribution is 2.57. The summed E-state index contributed by atoms with van der Waals surface area (Å²) in [5, 5.41) is 0. The van der Waals surface area contributed by atoms with Crippen LogP contribution in [0.1, 0.15) is 0 Å². The number of rotatable bonds is 3. The van der Waals surface area contributed by atoms with Gasteiger partial charge in [0.2, 0.25) is 0 Å². The number of hydrogen-bond donors (Lipinski definition) is 0. The van der Waals surface area contributed by atoms with E-state index < -0.39 is 6.07 Å². The molecule has 2 nitrogen and oxygen atoms in total. The molecule has 0 saturated carbocycles. The van der Waals surface area contributed by atoms with Crippen LogP contribution in [0.25, 0.3) is 0 Å². The molecule has 0 aliphatic heterocycles. The van der Waals surface area contributed by atoms with E-state index in [1.807, 2.05) is 0 Å². The van der Waals surface area contributed by atoms with E-state index in [4.69, 9.17) is 22.5 Å². The van der Waals surface area contributed by atoms with Gasteiger partial charge in [-0.3, -0.25) is 4.57 Å². The summed E-state index contributed by atoms with van der Waals surface area (Å²) >= 11 is 9.93. The lowest BCUT2D eigenvalue weighted by atomic mass is 10.7. The van der Waals surface area contributed by atoms with E-state index in [2.05, 4.69) is 11.1 Å². The predicted molar refractivity (Wildman–Crippen MR) is 35.5 cm³/mol. The minimum absolute atomic E-state index is 0.115. The Kier molecular flexibility index (Phi) is 3.74. The highest BCUT2D eigenvalue weighted by molar-refractivity contribution is 8.05. The van der Waals surface area contributed by atoms with Gasteiger partial charge in [0.15, 0.2) is 0 Å². The second-order valence-corrected chi connectivity index (χ2v) is 5.28. The van der Waals surface area contributed by atoms with Crippen LogP contribution in [0.15, 0.2) is 12.7 Å². The van der Waals surface area contributed by atoms with Crippen LogP contribution in [-0.2, 0) is 9.09 Å². The van der Waals surface area contributed by atoms with E-state index in [1.165, 1.54) is 6.08 Å². The first-order chi connectivity index (χ1) is 3.56. The molecule has 0 rings (SSSR count). The molecule has 0 aromatic carbocycles. The first-order valence-corrected chi connectivity index (χ1v) is 5.24. The van der Waals surface area contributed by atoms with Crippen molar-refractivity contribution in [3.05, 3.63) is 12.7 Å². The number of hydrogen-bond acceptors (Lipinski definition) is 2. The fraction of sp³-hybridized carbons (Fsp3) is 0.333. The molecule has 0 aliphatic carbocycles. The normalized spacial score (nSPS) is 11.2. The molecule has 0 spiro atoms. The van der Waals surface area contributed by atoms with Crippen LogP contribution in [0.2, 0.25) is 0 Å². The Morgan fingerprint density at radius 2 is 2.25 bits per heavy atom. The van der Waals surface area contributed by atoms with Crippen molar-refractivity contribution in [3.8, 4) is 0 Å². The van der Waals surface area contributed by atoms with Crippen molar-refractivity contribution in [1.29, 1.82) is 0 Å². The maximum Gasteiger partial charge on any atom is 0.380 e. The Morgan fingerprint density at radius 3 is 2.38 bits per heavy atom. The van der Waals surface area contributed by atoms with Crippen LogP contribution in [0.5, 0.6) is 0 Å². The molecule has 0 aromatic heterocycles. The Bertz CT molecular complexity index is 118. The zero-order valence-electron chi connectivity index (χ0n) is 4.01. The summed E-state index contributed by atoms with van der Waals surface area (Å²) in [5.74, 6) is 0.